The fourth-order valence-electron chi connectivity index (χ4n) is 3.13. The minimum atomic E-state index is 0.00557. The lowest BCUT2D eigenvalue weighted by Gasteiger charge is -2.35. The Morgan fingerprint density at radius 2 is 1.86 bits per heavy atom. The summed E-state index contributed by atoms with van der Waals surface area (Å²) in [6.07, 6.45) is 0.00557. The molecule has 0 spiro atoms. The third-order valence-corrected chi connectivity index (χ3v) is 4.95. The zero-order valence-electron chi connectivity index (χ0n) is 18.1. The standard InChI is InChI=1S/C21H37N5O2/c1-6-22-21(23-15-17(2)26-12-10-25(4)11-13-26)24-16-18(3)28-20-9-7-8-19(14-20)27-5/h7-9,14,17-18H,6,10-13,15-16H2,1-5H3,(H2,22,23,24). The monoisotopic (exact) mass is 391 g/mol. The summed E-state index contributed by atoms with van der Waals surface area (Å²) in [4.78, 5) is 9.67. The predicted octanol–water partition coefficient (Wildman–Crippen LogP) is 1.65. The molecule has 7 nitrogen and oxygen atoms in total. The molecular weight excluding hydrogens is 354 g/mol. The van der Waals surface area contributed by atoms with Crippen molar-refractivity contribution in [3.8, 4) is 11.5 Å². The maximum atomic E-state index is 5.98. The van der Waals surface area contributed by atoms with Crippen molar-refractivity contribution in [3.05, 3.63) is 24.3 Å². The molecule has 0 aliphatic carbocycles. The molecule has 1 heterocycles. The minimum absolute atomic E-state index is 0.00557. The first kappa shape index (κ1) is 22.3. The summed E-state index contributed by atoms with van der Waals surface area (Å²) in [5, 5.41) is 6.71. The molecule has 0 radical (unpaired) electrons. The normalized spacial score (nSPS) is 18.4. The largest absolute Gasteiger partial charge is 0.497 e. The summed E-state index contributed by atoms with van der Waals surface area (Å²) in [6.45, 7) is 13.2. The molecule has 7 heteroatoms. The van der Waals surface area contributed by atoms with Gasteiger partial charge in [0.15, 0.2) is 5.96 Å². The van der Waals surface area contributed by atoms with Crippen LogP contribution in [-0.2, 0) is 0 Å². The predicted molar refractivity (Wildman–Crippen MR) is 116 cm³/mol. The summed E-state index contributed by atoms with van der Waals surface area (Å²) in [7, 11) is 3.84. The molecule has 28 heavy (non-hydrogen) atoms. The van der Waals surface area contributed by atoms with E-state index in [1.165, 1.54) is 0 Å². The van der Waals surface area contributed by atoms with Gasteiger partial charge < -0.3 is 25.0 Å². The fraction of sp³-hybridized carbons (Fsp3) is 0.667. The number of nitrogens with zero attached hydrogens (tertiary/aromatic N) is 3. The number of rotatable bonds is 9. The minimum Gasteiger partial charge on any atom is -0.497 e. The van der Waals surface area contributed by atoms with Crippen molar-refractivity contribution in [1.29, 1.82) is 0 Å². The van der Waals surface area contributed by atoms with E-state index in [1.807, 2.05) is 31.2 Å². The van der Waals surface area contributed by atoms with Gasteiger partial charge in [-0.15, -0.1) is 0 Å². The number of ether oxygens (including phenoxy) is 2. The molecule has 2 N–H and O–H groups in total. The van der Waals surface area contributed by atoms with Crippen LogP contribution in [-0.4, -0.2) is 87.9 Å². The van der Waals surface area contributed by atoms with Gasteiger partial charge in [-0.25, -0.2) is 0 Å². The first-order valence-corrected chi connectivity index (χ1v) is 10.3. The molecule has 0 aromatic heterocycles. The Bertz CT molecular complexity index is 602. The third kappa shape index (κ3) is 7.56. The number of benzene rings is 1. The summed E-state index contributed by atoms with van der Waals surface area (Å²) < 4.78 is 11.2. The van der Waals surface area contributed by atoms with Crippen LogP contribution in [0.3, 0.4) is 0 Å². The third-order valence-electron chi connectivity index (χ3n) is 4.95. The molecule has 2 atom stereocenters. The highest BCUT2D eigenvalue weighted by Crippen LogP contribution is 2.19. The van der Waals surface area contributed by atoms with Gasteiger partial charge in [0.05, 0.1) is 20.2 Å². The molecule has 1 saturated heterocycles. The van der Waals surface area contributed by atoms with Crippen LogP contribution < -0.4 is 20.1 Å². The highest BCUT2D eigenvalue weighted by Gasteiger charge is 2.18. The Morgan fingerprint density at radius 3 is 2.54 bits per heavy atom. The van der Waals surface area contributed by atoms with E-state index in [9.17, 15) is 0 Å². The van der Waals surface area contributed by atoms with Gasteiger partial charge in [-0.05, 0) is 40.0 Å². The summed E-state index contributed by atoms with van der Waals surface area (Å²) in [6, 6.07) is 8.12. The number of hydrogen-bond donors (Lipinski definition) is 2. The van der Waals surface area contributed by atoms with Crippen molar-refractivity contribution in [3.63, 3.8) is 0 Å². The molecule has 1 aromatic rings. The molecule has 0 amide bonds. The van der Waals surface area contributed by atoms with E-state index in [-0.39, 0.29) is 6.10 Å². The van der Waals surface area contributed by atoms with Crippen molar-refractivity contribution >= 4 is 5.96 Å². The van der Waals surface area contributed by atoms with E-state index >= 15 is 0 Å². The quantitative estimate of drug-likeness (QED) is 0.493. The van der Waals surface area contributed by atoms with Crippen LogP contribution >= 0.6 is 0 Å². The van der Waals surface area contributed by atoms with E-state index in [2.05, 4.69) is 41.3 Å². The van der Waals surface area contributed by atoms with Crippen LogP contribution in [0.25, 0.3) is 0 Å². The second-order valence-electron chi connectivity index (χ2n) is 7.40. The van der Waals surface area contributed by atoms with Crippen LogP contribution in [0.4, 0.5) is 0 Å². The number of likely N-dealkylation sites (N-methyl/N-ethyl adjacent to an activating group) is 1. The van der Waals surface area contributed by atoms with Gasteiger partial charge in [0.1, 0.15) is 17.6 Å². The van der Waals surface area contributed by atoms with Crippen molar-refractivity contribution in [2.45, 2.75) is 32.9 Å². The van der Waals surface area contributed by atoms with Gasteiger partial charge >= 0.3 is 0 Å². The summed E-state index contributed by atoms with van der Waals surface area (Å²) in [5.41, 5.74) is 0. The van der Waals surface area contributed by atoms with Crippen LogP contribution in [0, 0.1) is 0 Å². The Balaban J connectivity index is 1.81. The molecule has 1 fully saturated rings. The first-order chi connectivity index (χ1) is 13.5. The zero-order chi connectivity index (χ0) is 20.4. The number of piperazine rings is 1. The fourth-order valence-corrected chi connectivity index (χ4v) is 3.13. The molecule has 2 unspecified atom stereocenters. The molecule has 0 saturated carbocycles. The van der Waals surface area contributed by atoms with Crippen LogP contribution in [0.15, 0.2) is 29.3 Å². The maximum Gasteiger partial charge on any atom is 0.191 e. The first-order valence-electron chi connectivity index (χ1n) is 10.3. The Kier molecular flexibility index (Phi) is 9.37. The number of nitrogens with one attached hydrogen (secondary N) is 2. The van der Waals surface area contributed by atoms with Gasteiger partial charge in [-0.1, -0.05) is 6.07 Å². The van der Waals surface area contributed by atoms with E-state index in [0.717, 1.165) is 56.7 Å². The number of hydrogen-bond acceptors (Lipinski definition) is 5. The van der Waals surface area contributed by atoms with Crippen molar-refractivity contribution in [1.82, 2.24) is 20.4 Å². The SMILES string of the molecule is CCNC(=NCC(C)N1CCN(C)CC1)NCC(C)Oc1cccc(OC)c1. The summed E-state index contributed by atoms with van der Waals surface area (Å²) >= 11 is 0. The topological polar surface area (TPSA) is 61.4 Å². The van der Waals surface area contributed by atoms with E-state index in [4.69, 9.17) is 14.5 Å². The Morgan fingerprint density at radius 1 is 1.14 bits per heavy atom. The second-order valence-corrected chi connectivity index (χ2v) is 7.40. The van der Waals surface area contributed by atoms with Gasteiger partial charge in [0, 0.05) is 44.8 Å². The lowest BCUT2D eigenvalue weighted by atomic mass is 10.2. The van der Waals surface area contributed by atoms with Crippen LogP contribution in [0.1, 0.15) is 20.8 Å². The lowest BCUT2D eigenvalue weighted by molar-refractivity contribution is 0.122. The van der Waals surface area contributed by atoms with Crippen molar-refractivity contribution in [2.75, 3.05) is 60.0 Å². The van der Waals surface area contributed by atoms with Gasteiger partial charge in [-0.2, -0.15) is 0 Å². The molecule has 0 bridgehead atoms. The number of methoxy groups -OCH3 is 1. The lowest BCUT2D eigenvalue weighted by Crippen LogP contribution is -2.49. The Labute approximate surface area is 170 Å². The average molecular weight is 392 g/mol. The highest BCUT2D eigenvalue weighted by atomic mass is 16.5. The van der Waals surface area contributed by atoms with Crippen molar-refractivity contribution in [2.24, 2.45) is 4.99 Å². The second kappa shape index (κ2) is 11.8. The Hall–Kier alpha value is -1.99. The average Bonchev–Trinajstić information content (AvgIpc) is 2.70. The summed E-state index contributed by atoms with van der Waals surface area (Å²) in [5.74, 6) is 2.44. The van der Waals surface area contributed by atoms with Gasteiger partial charge in [0.2, 0.25) is 0 Å². The van der Waals surface area contributed by atoms with Crippen LogP contribution in [0.5, 0.6) is 11.5 Å². The maximum absolute atomic E-state index is 5.98. The van der Waals surface area contributed by atoms with E-state index in [0.29, 0.717) is 12.6 Å². The molecular formula is C21H37N5O2. The highest BCUT2D eigenvalue weighted by molar-refractivity contribution is 5.79. The molecule has 158 valence electrons. The molecule has 1 aliphatic heterocycles. The number of aliphatic imine (C=N–C) groups is 1. The molecule has 1 aromatic carbocycles. The van der Waals surface area contributed by atoms with Gasteiger partial charge in [0.25, 0.3) is 0 Å². The van der Waals surface area contributed by atoms with E-state index < -0.39 is 0 Å². The number of guanidine groups is 1. The van der Waals surface area contributed by atoms with E-state index in [1.54, 1.807) is 7.11 Å². The van der Waals surface area contributed by atoms with Crippen LogP contribution in [0.2, 0.25) is 0 Å². The van der Waals surface area contributed by atoms with Gasteiger partial charge in [-0.3, -0.25) is 9.89 Å². The van der Waals surface area contributed by atoms with Crippen molar-refractivity contribution < 1.29 is 9.47 Å². The molecule has 2 rings (SSSR count). The zero-order valence-corrected chi connectivity index (χ0v) is 18.1. The smallest absolute Gasteiger partial charge is 0.191 e. The molecule has 1 aliphatic rings.